The van der Waals surface area contributed by atoms with Crippen LogP contribution in [0.2, 0.25) is 0 Å². The summed E-state index contributed by atoms with van der Waals surface area (Å²) in [5.74, 6) is -0.0928. The summed E-state index contributed by atoms with van der Waals surface area (Å²) < 4.78 is 30.5. The van der Waals surface area contributed by atoms with E-state index >= 15 is 0 Å². The van der Waals surface area contributed by atoms with Crippen molar-refractivity contribution in [3.05, 3.63) is 65.1 Å². The van der Waals surface area contributed by atoms with E-state index in [1.165, 1.54) is 30.3 Å². The molecule has 3 aromatic rings. The van der Waals surface area contributed by atoms with Gasteiger partial charge in [-0.15, -0.1) is 0 Å². The van der Waals surface area contributed by atoms with E-state index in [-0.39, 0.29) is 32.9 Å². The summed E-state index contributed by atoms with van der Waals surface area (Å²) in [6.45, 7) is 2.00. The Morgan fingerprint density at radius 3 is 2.40 bits per heavy atom. The Bertz CT molecular complexity index is 1080. The molecular weight excluding hydrogens is 340 g/mol. The molecule has 0 aromatic heterocycles. The van der Waals surface area contributed by atoms with Gasteiger partial charge < -0.3 is 9.29 Å². The average Bonchev–Trinajstić information content (AvgIpc) is 2.62. The highest BCUT2D eigenvalue weighted by Gasteiger charge is 2.24. The predicted molar refractivity (Wildman–Crippen MR) is 94.0 cm³/mol. The van der Waals surface area contributed by atoms with Crippen LogP contribution >= 0.6 is 0 Å². The Kier molecular flexibility index (Phi) is 4.30. The van der Waals surface area contributed by atoms with Gasteiger partial charge >= 0.3 is 15.8 Å². The first-order valence-corrected chi connectivity index (χ1v) is 9.00. The molecular formula is C18H15N2O4S+. The number of phenolic OH excluding ortho intramolecular Hbond substituents is 1. The van der Waals surface area contributed by atoms with Crippen LogP contribution in [-0.2, 0) is 16.5 Å². The van der Waals surface area contributed by atoms with Crippen molar-refractivity contribution in [3.63, 3.8) is 0 Å². The number of aromatic hydroxyl groups is 1. The molecule has 0 aliphatic heterocycles. The van der Waals surface area contributed by atoms with Crippen molar-refractivity contribution in [3.8, 4) is 11.5 Å². The maximum Gasteiger partial charge on any atom is 0.426 e. The molecule has 25 heavy (non-hydrogen) atoms. The molecule has 0 amide bonds. The molecule has 126 valence electrons. The Labute approximate surface area is 145 Å². The van der Waals surface area contributed by atoms with Crippen molar-refractivity contribution < 1.29 is 17.7 Å². The van der Waals surface area contributed by atoms with Crippen LogP contribution in [0.1, 0.15) is 12.5 Å². The smallest absolute Gasteiger partial charge is 0.426 e. The van der Waals surface area contributed by atoms with Gasteiger partial charge in [0.2, 0.25) is 11.1 Å². The van der Waals surface area contributed by atoms with E-state index in [1.54, 1.807) is 24.3 Å². The quantitative estimate of drug-likeness (QED) is 0.554. The van der Waals surface area contributed by atoms with Gasteiger partial charge in [-0.1, -0.05) is 31.2 Å². The second kappa shape index (κ2) is 6.42. The number of benzene rings is 3. The molecule has 3 aromatic carbocycles. The summed E-state index contributed by atoms with van der Waals surface area (Å²) in [5.41, 5.74) is 1.03. The molecule has 0 bridgehead atoms. The van der Waals surface area contributed by atoms with E-state index in [0.29, 0.717) is 0 Å². The third-order valence-corrected chi connectivity index (χ3v) is 5.19. The van der Waals surface area contributed by atoms with Crippen LogP contribution in [-0.4, -0.2) is 13.5 Å². The zero-order valence-corrected chi connectivity index (χ0v) is 14.2. The SMILES string of the molecule is CCc1ccc(OS(=O)(=O)c2cccc3c(O)c([N+]#N)ccc23)cc1. The molecule has 0 unspecified atom stereocenters. The highest BCUT2D eigenvalue weighted by atomic mass is 32.2. The topological polar surface area (TPSA) is 91.8 Å². The molecule has 0 atom stereocenters. The lowest BCUT2D eigenvalue weighted by Crippen LogP contribution is -2.10. The largest absolute Gasteiger partial charge is 0.501 e. The number of rotatable bonds is 4. The Balaban J connectivity index is 2.08. The van der Waals surface area contributed by atoms with Crippen LogP contribution in [0.25, 0.3) is 15.7 Å². The molecule has 0 radical (unpaired) electrons. The van der Waals surface area contributed by atoms with Crippen molar-refractivity contribution in [2.24, 2.45) is 0 Å². The van der Waals surface area contributed by atoms with E-state index < -0.39 is 10.1 Å². The second-order valence-electron chi connectivity index (χ2n) is 5.42. The number of phenols is 1. The maximum atomic E-state index is 12.7. The third-order valence-electron chi connectivity index (χ3n) is 3.89. The molecule has 0 fully saturated rings. The van der Waals surface area contributed by atoms with E-state index in [1.807, 2.05) is 6.92 Å². The molecule has 7 heteroatoms. The summed E-state index contributed by atoms with van der Waals surface area (Å²) in [6, 6.07) is 14.0. The zero-order chi connectivity index (χ0) is 18.0. The van der Waals surface area contributed by atoms with Crippen molar-refractivity contribution in [1.82, 2.24) is 0 Å². The first-order chi connectivity index (χ1) is 12.0. The molecule has 0 aliphatic rings. The molecule has 0 spiro atoms. The first-order valence-electron chi connectivity index (χ1n) is 7.59. The number of diazo groups is 1. The average molecular weight is 355 g/mol. The molecule has 0 saturated heterocycles. The van der Waals surface area contributed by atoms with Gasteiger partial charge in [-0.3, -0.25) is 0 Å². The predicted octanol–water partition coefficient (Wildman–Crippen LogP) is 4.36. The minimum absolute atomic E-state index is 0.0434. The summed E-state index contributed by atoms with van der Waals surface area (Å²) in [5, 5.41) is 19.5. The summed E-state index contributed by atoms with van der Waals surface area (Å²) in [6.07, 6.45) is 0.841. The Hall–Kier alpha value is -3.11. The fourth-order valence-electron chi connectivity index (χ4n) is 2.55. The lowest BCUT2D eigenvalue weighted by Gasteiger charge is -2.10. The van der Waals surface area contributed by atoms with Crippen LogP contribution in [0.15, 0.2) is 59.5 Å². The van der Waals surface area contributed by atoms with Gasteiger partial charge in [0.05, 0.1) is 0 Å². The highest BCUT2D eigenvalue weighted by Crippen LogP contribution is 2.37. The van der Waals surface area contributed by atoms with E-state index in [2.05, 4.69) is 4.98 Å². The molecule has 0 aliphatic carbocycles. The molecule has 3 rings (SSSR count). The maximum absolute atomic E-state index is 12.7. The van der Waals surface area contributed by atoms with Gasteiger partial charge in [0.15, 0.2) is 4.98 Å². The lowest BCUT2D eigenvalue weighted by atomic mass is 10.1. The third kappa shape index (κ3) is 3.12. The van der Waals surface area contributed by atoms with Crippen molar-refractivity contribution in [1.29, 1.82) is 5.39 Å². The number of aryl methyl sites for hydroxylation is 1. The second-order valence-corrected chi connectivity index (χ2v) is 6.93. The molecule has 0 saturated carbocycles. The monoisotopic (exact) mass is 355 g/mol. The summed E-state index contributed by atoms with van der Waals surface area (Å²) >= 11 is 0. The van der Waals surface area contributed by atoms with Crippen molar-refractivity contribution in [2.45, 2.75) is 18.2 Å². The number of nitrogens with zero attached hydrogens (tertiary/aromatic N) is 2. The molecule has 1 N–H and O–H groups in total. The summed E-state index contributed by atoms with van der Waals surface area (Å²) in [7, 11) is -4.10. The van der Waals surface area contributed by atoms with Gasteiger partial charge in [-0.2, -0.15) is 8.42 Å². The van der Waals surface area contributed by atoms with Crippen LogP contribution in [0.3, 0.4) is 0 Å². The summed E-state index contributed by atoms with van der Waals surface area (Å²) in [4.78, 5) is 2.89. The van der Waals surface area contributed by atoms with Crippen LogP contribution in [0, 0.1) is 5.39 Å². The standard InChI is InChI=1S/C18H14N2O4S/c1-2-12-6-8-13(9-7-12)24-25(22,23)17-5-3-4-15-14(17)10-11-16(20-19)18(15)21/h3-11H,2H2,1H3/p+1. The molecule has 6 nitrogen and oxygen atoms in total. The first kappa shape index (κ1) is 16.7. The van der Waals surface area contributed by atoms with Gasteiger partial charge in [0.1, 0.15) is 10.6 Å². The van der Waals surface area contributed by atoms with Crippen molar-refractivity contribution in [2.75, 3.05) is 0 Å². The Morgan fingerprint density at radius 2 is 1.76 bits per heavy atom. The normalized spacial score (nSPS) is 11.2. The van der Waals surface area contributed by atoms with Gasteiger partial charge in [-0.05, 0) is 36.2 Å². The minimum atomic E-state index is -4.10. The zero-order valence-electron chi connectivity index (χ0n) is 13.4. The fourth-order valence-corrected chi connectivity index (χ4v) is 3.70. The fraction of sp³-hybridized carbons (Fsp3) is 0.111. The number of hydrogen-bond donors (Lipinski definition) is 1. The molecule has 0 heterocycles. The number of hydrogen-bond acceptors (Lipinski definition) is 5. The number of fused-ring (bicyclic) bond motifs is 1. The van der Waals surface area contributed by atoms with Crippen LogP contribution in [0.5, 0.6) is 11.5 Å². The Morgan fingerprint density at radius 1 is 1.04 bits per heavy atom. The van der Waals surface area contributed by atoms with Gasteiger partial charge in [-0.25, -0.2) is 0 Å². The van der Waals surface area contributed by atoms with E-state index in [0.717, 1.165) is 12.0 Å². The van der Waals surface area contributed by atoms with Crippen LogP contribution in [0.4, 0.5) is 5.69 Å². The van der Waals surface area contributed by atoms with Crippen molar-refractivity contribution >= 4 is 26.6 Å². The lowest BCUT2D eigenvalue weighted by molar-refractivity contribution is 0.484. The minimum Gasteiger partial charge on any atom is -0.501 e. The van der Waals surface area contributed by atoms with Crippen LogP contribution < -0.4 is 4.18 Å². The van der Waals surface area contributed by atoms with Gasteiger partial charge in [0.25, 0.3) is 0 Å². The van der Waals surface area contributed by atoms with Gasteiger partial charge in [0, 0.05) is 16.8 Å². The van der Waals surface area contributed by atoms with E-state index in [9.17, 15) is 13.5 Å². The highest BCUT2D eigenvalue weighted by molar-refractivity contribution is 7.87. The van der Waals surface area contributed by atoms with E-state index in [4.69, 9.17) is 9.58 Å².